The number of amides is 1. The molecule has 112 valence electrons. The number of rotatable bonds is 6. The van der Waals surface area contributed by atoms with Crippen LogP contribution in [0.3, 0.4) is 0 Å². The molecule has 0 bridgehead atoms. The molecule has 0 spiro atoms. The van der Waals surface area contributed by atoms with Crippen molar-refractivity contribution in [3.05, 3.63) is 29.6 Å². The molecule has 0 aliphatic rings. The van der Waals surface area contributed by atoms with E-state index in [1.807, 2.05) is 0 Å². The lowest BCUT2D eigenvalue weighted by atomic mass is 10.2. The van der Waals surface area contributed by atoms with Gasteiger partial charge in [0.2, 0.25) is 0 Å². The average molecular weight is 289 g/mol. The lowest BCUT2D eigenvalue weighted by Gasteiger charge is -2.05. The summed E-state index contributed by atoms with van der Waals surface area (Å²) in [6, 6.07) is 1.65. The highest BCUT2D eigenvalue weighted by atomic mass is 16.5. The first-order chi connectivity index (χ1) is 10.2. The molecule has 0 saturated heterocycles. The molecule has 0 saturated carbocycles. The summed E-state index contributed by atoms with van der Waals surface area (Å²) in [6.45, 7) is 2.78. The van der Waals surface area contributed by atoms with Crippen molar-refractivity contribution in [1.82, 2.24) is 10.3 Å². The smallest absolute Gasteiger partial charge is 0.305 e. The van der Waals surface area contributed by atoms with Gasteiger partial charge in [0.05, 0.1) is 18.7 Å². The van der Waals surface area contributed by atoms with E-state index in [2.05, 4.69) is 22.1 Å². The van der Waals surface area contributed by atoms with Crippen molar-refractivity contribution < 1.29 is 14.3 Å². The summed E-state index contributed by atoms with van der Waals surface area (Å²) in [5.41, 5.74) is 6.35. The summed E-state index contributed by atoms with van der Waals surface area (Å²) in [5.74, 6) is 5.01. The molecule has 1 aromatic heterocycles. The van der Waals surface area contributed by atoms with E-state index in [1.54, 1.807) is 19.2 Å². The van der Waals surface area contributed by atoms with Crippen molar-refractivity contribution in [2.45, 2.75) is 19.8 Å². The summed E-state index contributed by atoms with van der Waals surface area (Å²) < 4.78 is 4.80. The molecule has 0 radical (unpaired) electrons. The second kappa shape index (κ2) is 9.50. The van der Waals surface area contributed by atoms with Crippen LogP contribution in [0.5, 0.6) is 0 Å². The van der Waals surface area contributed by atoms with Gasteiger partial charge >= 0.3 is 5.97 Å². The Morgan fingerprint density at radius 2 is 2.24 bits per heavy atom. The Hall–Kier alpha value is -2.39. The average Bonchev–Trinajstić information content (AvgIpc) is 2.50. The highest BCUT2D eigenvalue weighted by Crippen LogP contribution is 2.01. The van der Waals surface area contributed by atoms with Crippen LogP contribution in [0.15, 0.2) is 18.5 Å². The second-order valence-corrected chi connectivity index (χ2v) is 4.13. The number of hydrogen-bond acceptors (Lipinski definition) is 5. The van der Waals surface area contributed by atoms with E-state index in [0.717, 1.165) is 0 Å². The van der Waals surface area contributed by atoms with E-state index in [4.69, 9.17) is 10.5 Å². The van der Waals surface area contributed by atoms with Crippen molar-refractivity contribution in [2.75, 3.05) is 19.7 Å². The minimum atomic E-state index is -0.257. The highest BCUT2D eigenvalue weighted by molar-refractivity contribution is 5.94. The molecule has 0 aromatic carbocycles. The van der Waals surface area contributed by atoms with Crippen molar-refractivity contribution in [3.8, 4) is 11.8 Å². The van der Waals surface area contributed by atoms with Gasteiger partial charge < -0.3 is 15.8 Å². The van der Waals surface area contributed by atoms with Crippen LogP contribution in [0, 0.1) is 11.8 Å². The minimum absolute atomic E-state index is 0.247. The Labute approximate surface area is 124 Å². The van der Waals surface area contributed by atoms with Crippen LogP contribution in [-0.2, 0) is 9.53 Å². The van der Waals surface area contributed by atoms with E-state index in [9.17, 15) is 9.59 Å². The van der Waals surface area contributed by atoms with Gasteiger partial charge in [-0.3, -0.25) is 14.6 Å². The summed E-state index contributed by atoms with van der Waals surface area (Å²) in [6.07, 6.45) is 3.85. The summed E-state index contributed by atoms with van der Waals surface area (Å²) in [5, 5.41) is 2.72. The van der Waals surface area contributed by atoms with Crippen LogP contribution < -0.4 is 11.1 Å². The number of esters is 1. The van der Waals surface area contributed by atoms with Crippen LogP contribution in [0.1, 0.15) is 35.7 Å². The van der Waals surface area contributed by atoms with E-state index in [0.29, 0.717) is 30.7 Å². The third-order valence-corrected chi connectivity index (χ3v) is 2.48. The van der Waals surface area contributed by atoms with E-state index in [-0.39, 0.29) is 24.8 Å². The van der Waals surface area contributed by atoms with Gasteiger partial charge in [0.25, 0.3) is 5.91 Å². The zero-order chi connectivity index (χ0) is 15.5. The maximum atomic E-state index is 11.9. The number of pyridine rings is 1. The molecule has 0 atom stereocenters. The molecule has 0 unspecified atom stereocenters. The molecule has 3 N–H and O–H groups in total. The maximum absolute atomic E-state index is 11.9. The van der Waals surface area contributed by atoms with Gasteiger partial charge in [0, 0.05) is 30.9 Å². The summed E-state index contributed by atoms with van der Waals surface area (Å²) >= 11 is 0. The van der Waals surface area contributed by atoms with E-state index >= 15 is 0 Å². The molecule has 0 aliphatic heterocycles. The third kappa shape index (κ3) is 6.54. The molecule has 1 amide bonds. The zero-order valence-electron chi connectivity index (χ0n) is 12.0. The van der Waals surface area contributed by atoms with Gasteiger partial charge in [0.15, 0.2) is 0 Å². The van der Waals surface area contributed by atoms with Crippen molar-refractivity contribution in [1.29, 1.82) is 0 Å². The number of aromatic nitrogens is 1. The first kappa shape index (κ1) is 16.7. The summed E-state index contributed by atoms with van der Waals surface area (Å²) in [7, 11) is 0. The normalized spacial score (nSPS) is 9.43. The molecular formula is C15H19N3O3. The van der Waals surface area contributed by atoms with Gasteiger partial charge in [-0.15, -0.1) is 0 Å². The number of carbonyl (C=O) groups excluding carboxylic acids is 2. The molecule has 0 fully saturated rings. The Morgan fingerprint density at radius 3 is 2.95 bits per heavy atom. The first-order valence-corrected chi connectivity index (χ1v) is 6.75. The maximum Gasteiger partial charge on any atom is 0.305 e. The topological polar surface area (TPSA) is 94.3 Å². The van der Waals surface area contributed by atoms with Gasteiger partial charge in [-0.05, 0) is 19.4 Å². The Balaban J connectivity index is 2.43. The predicted octanol–water partition coefficient (Wildman–Crippen LogP) is 0.465. The van der Waals surface area contributed by atoms with Gasteiger partial charge in [-0.2, -0.15) is 0 Å². The molecular weight excluding hydrogens is 270 g/mol. The van der Waals surface area contributed by atoms with Crippen LogP contribution >= 0.6 is 0 Å². The fourth-order valence-electron chi connectivity index (χ4n) is 1.56. The molecule has 1 heterocycles. The number of nitrogens with two attached hydrogens (primary N) is 1. The second-order valence-electron chi connectivity index (χ2n) is 4.13. The van der Waals surface area contributed by atoms with Crippen molar-refractivity contribution in [3.63, 3.8) is 0 Å². The van der Waals surface area contributed by atoms with E-state index < -0.39 is 0 Å². The quantitative estimate of drug-likeness (QED) is 0.451. The number of hydrogen-bond donors (Lipinski definition) is 2. The highest BCUT2D eigenvalue weighted by Gasteiger charge is 2.07. The number of carbonyl (C=O) groups is 2. The fraction of sp³-hybridized carbons (Fsp3) is 0.400. The van der Waals surface area contributed by atoms with Crippen LogP contribution in [0.25, 0.3) is 0 Å². The molecule has 6 heteroatoms. The molecule has 6 nitrogen and oxygen atoms in total. The largest absolute Gasteiger partial charge is 0.466 e. The van der Waals surface area contributed by atoms with Crippen molar-refractivity contribution in [2.24, 2.45) is 5.73 Å². The zero-order valence-corrected chi connectivity index (χ0v) is 12.0. The van der Waals surface area contributed by atoms with Gasteiger partial charge in [-0.1, -0.05) is 11.8 Å². The number of nitrogens with zero attached hydrogens (tertiary/aromatic N) is 1. The fourth-order valence-corrected chi connectivity index (χ4v) is 1.56. The SMILES string of the molecule is CCOC(=O)CCCNC(=O)c1cncc(C#CCN)c1. The van der Waals surface area contributed by atoms with Gasteiger partial charge in [0.1, 0.15) is 0 Å². The van der Waals surface area contributed by atoms with E-state index in [1.165, 1.54) is 6.20 Å². The number of nitrogens with one attached hydrogen (secondary N) is 1. The van der Waals surface area contributed by atoms with Crippen LogP contribution in [0.2, 0.25) is 0 Å². The molecule has 1 rings (SSSR count). The molecule has 0 aliphatic carbocycles. The van der Waals surface area contributed by atoms with Crippen LogP contribution in [0.4, 0.5) is 0 Å². The predicted molar refractivity (Wildman–Crippen MR) is 78.4 cm³/mol. The molecule has 1 aromatic rings. The lowest BCUT2D eigenvalue weighted by molar-refractivity contribution is -0.143. The Morgan fingerprint density at radius 1 is 1.43 bits per heavy atom. The van der Waals surface area contributed by atoms with Gasteiger partial charge in [-0.25, -0.2) is 0 Å². The van der Waals surface area contributed by atoms with Crippen molar-refractivity contribution >= 4 is 11.9 Å². The Bertz CT molecular complexity index is 547. The first-order valence-electron chi connectivity index (χ1n) is 6.75. The van der Waals surface area contributed by atoms with Crippen LogP contribution in [-0.4, -0.2) is 36.6 Å². The number of ether oxygens (including phenoxy) is 1. The summed E-state index contributed by atoms with van der Waals surface area (Å²) in [4.78, 5) is 27.0. The third-order valence-electron chi connectivity index (χ3n) is 2.48. The molecule has 21 heavy (non-hydrogen) atoms. The Kier molecular flexibility index (Phi) is 7.54. The lowest BCUT2D eigenvalue weighted by Crippen LogP contribution is -2.25. The minimum Gasteiger partial charge on any atom is -0.466 e. The monoisotopic (exact) mass is 289 g/mol. The standard InChI is InChI=1S/C15H19N3O3/c1-2-21-14(19)6-4-8-18-15(20)13-9-12(5-3-7-16)10-17-11-13/h9-11H,2,4,6-8,16H2,1H3,(H,18,20).